The largest absolute Gasteiger partial charge is 0.474 e. The van der Waals surface area contributed by atoms with Crippen LogP contribution in [0.5, 0.6) is 5.88 Å². The number of rotatable bonds is 5. The van der Waals surface area contributed by atoms with Gasteiger partial charge in [-0.15, -0.1) is 0 Å². The van der Waals surface area contributed by atoms with Crippen LogP contribution in [0.25, 0.3) is 0 Å². The molecule has 2 aromatic rings. The van der Waals surface area contributed by atoms with Crippen LogP contribution in [0.3, 0.4) is 0 Å². The average Bonchev–Trinajstić information content (AvgIpc) is 3.19. The van der Waals surface area contributed by atoms with E-state index >= 15 is 0 Å². The molecule has 0 spiro atoms. The summed E-state index contributed by atoms with van der Waals surface area (Å²) in [5.41, 5.74) is 2.78. The molecule has 2 fully saturated rings. The van der Waals surface area contributed by atoms with E-state index in [1.54, 1.807) is 6.92 Å². The number of benzene rings is 1. The lowest BCUT2D eigenvalue weighted by Crippen LogP contribution is -2.43. The van der Waals surface area contributed by atoms with Gasteiger partial charge in [0, 0.05) is 64.1 Å². The van der Waals surface area contributed by atoms with E-state index in [4.69, 9.17) is 4.74 Å². The van der Waals surface area contributed by atoms with Crippen LogP contribution in [-0.2, 0) is 17.8 Å². The molecule has 2 N–H and O–H groups in total. The molecule has 3 heterocycles. The fourth-order valence-corrected chi connectivity index (χ4v) is 5.44. The number of aromatic nitrogens is 2. The lowest BCUT2D eigenvalue weighted by atomic mass is 9.98. The third-order valence-electron chi connectivity index (χ3n) is 7.30. The highest BCUT2D eigenvalue weighted by Gasteiger charge is 2.39. The maximum Gasteiger partial charge on any atom is 0.219 e. The summed E-state index contributed by atoms with van der Waals surface area (Å²) in [6.07, 6.45) is 5.28. The molecule has 2 aliphatic heterocycles. The third kappa shape index (κ3) is 5.12. The molecule has 1 aliphatic carbocycles. The number of anilines is 1. The Hall–Kier alpha value is -2.71. The maximum absolute atomic E-state index is 11.5. The van der Waals surface area contributed by atoms with Crippen molar-refractivity contribution in [3.63, 3.8) is 0 Å². The summed E-state index contributed by atoms with van der Waals surface area (Å²) < 4.78 is 6.18. The molecule has 1 unspecified atom stereocenters. The van der Waals surface area contributed by atoms with Crippen LogP contribution >= 0.6 is 0 Å². The predicted molar refractivity (Wildman–Crippen MR) is 125 cm³/mol. The Morgan fingerprint density at radius 1 is 1.12 bits per heavy atom. The first-order valence-corrected chi connectivity index (χ1v) is 12.0. The van der Waals surface area contributed by atoms with Gasteiger partial charge in [-0.1, -0.05) is 24.3 Å². The topological polar surface area (TPSA) is 90.8 Å². The van der Waals surface area contributed by atoms with Crippen LogP contribution in [0.4, 0.5) is 5.82 Å². The van der Waals surface area contributed by atoms with Crippen LogP contribution < -0.4 is 10.1 Å². The van der Waals surface area contributed by atoms with E-state index in [1.165, 1.54) is 17.5 Å². The number of amides is 1. The minimum atomic E-state index is -0.397. The van der Waals surface area contributed by atoms with E-state index in [9.17, 15) is 9.90 Å². The van der Waals surface area contributed by atoms with E-state index < -0.39 is 6.10 Å². The second kappa shape index (κ2) is 9.65. The second-order valence-electron chi connectivity index (χ2n) is 9.50. The Bertz CT molecular complexity index is 978. The molecule has 8 nitrogen and oxygen atoms in total. The van der Waals surface area contributed by atoms with E-state index in [-0.39, 0.29) is 24.1 Å². The molecule has 33 heavy (non-hydrogen) atoms. The molecule has 5 rings (SSSR count). The Balaban J connectivity index is 1.16. The monoisotopic (exact) mass is 451 g/mol. The number of aliphatic hydroxyl groups is 1. The standard InChI is InChI=1S/C25H33N5O3/c1-17(31)29-10-7-20(8-11-29)28-24-14-25(27-16-26-24)33-21-12-22(23(32)13-21)30-9-6-18-4-2-3-5-19(18)15-30/h2-5,14,16,20-23,32H,6-13,15H2,1H3,(H,26,27,28)/t21-,22?,23+/m0/s1. The molecular weight excluding hydrogens is 418 g/mol. The van der Waals surface area contributed by atoms with Gasteiger partial charge in [0.05, 0.1) is 6.10 Å². The predicted octanol–water partition coefficient (Wildman–Crippen LogP) is 2.23. The smallest absolute Gasteiger partial charge is 0.219 e. The number of likely N-dealkylation sites (tertiary alicyclic amines) is 1. The Kier molecular flexibility index (Phi) is 6.46. The number of carbonyl (C=O) groups excluding carboxylic acids is 1. The number of nitrogens with one attached hydrogen (secondary N) is 1. The highest BCUT2D eigenvalue weighted by molar-refractivity contribution is 5.73. The lowest BCUT2D eigenvalue weighted by Gasteiger charge is -2.35. The molecule has 1 aromatic carbocycles. The van der Waals surface area contributed by atoms with Crippen LogP contribution in [0, 0.1) is 0 Å². The average molecular weight is 452 g/mol. The molecule has 0 radical (unpaired) electrons. The van der Waals surface area contributed by atoms with Crippen molar-refractivity contribution in [2.75, 3.05) is 25.0 Å². The summed E-state index contributed by atoms with van der Waals surface area (Å²) in [7, 11) is 0. The first kappa shape index (κ1) is 22.1. The number of aliphatic hydroxyl groups excluding tert-OH is 1. The van der Waals surface area contributed by atoms with Gasteiger partial charge in [-0.2, -0.15) is 0 Å². The van der Waals surface area contributed by atoms with Crippen LogP contribution in [-0.4, -0.2) is 74.7 Å². The quantitative estimate of drug-likeness (QED) is 0.720. The van der Waals surface area contributed by atoms with Gasteiger partial charge in [-0.3, -0.25) is 9.69 Å². The Morgan fingerprint density at radius 3 is 2.70 bits per heavy atom. The first-order valence-electron chi connectivity index (χ1n) is 12.0. The summed E-state index contributed by atoms with van der Waals surface area (Å²) in [5.74, 6) is 1.41. The van der Waals surface area contributed by atoms with Gasteiger partial charge >= 0.3 is 0 Å². The van der Waals surface area contributed by atoms with Gasteiger partial charge in [0.15, 0.2) is 0 Å². The number of ether oxygens (including phenoxy) is 1. The second-order valence-corrected chi connectivity index (χ2v) is 9.50. The molecule has 176 valence electrons. The van der Waals surface area contributed by atoms with Gasteiger partial charge in [-0.25, -0.2) is 9.97 Å². The van der Waals surface area contributed by atoms with Crippen LogP contribution in [0.1, 0.15) is 43.7 Å². The number of nitrogens with zero attached hydrogens (tertiary/aromatic N) is 4. The van der Waals surface area contributed by atoms with E-state index in [0.29, 0.717) is 12.3 Å². The lowest BCUT2D eigenvalue weighted by molar-refractivity contribution is -0.129. The van der Waals surface area contributed by atoms with E-state index in [1.807, 2.05) is 11.0 Å². The highest BCUT2D eigenvalue weighted by atomic mass is 16.5. The fraction of sp³-hybridized carbons (Fsp3) is 0.560. The number of carbonyl (C=O) groups is 1. The summed E-state index contributed by atoms with van der Waals surface area (Å²) in [5, 5.41) is 14.2. The molecular formula is C25H33N5O3. The molecule has 3 atom stereocenters. The molecule has 1 amide bonds. The summed E-state index contributed by atoms with van der Waals surface area (Å²) in [4.78, 5) is 24.5. The molecule has 3 aliphatic rings. The number of hydrogen-bond donors (Lipinski definition) is 2. The van der Waals surface area contributed by atoms with Crippen molar-refractivity contribution in [2.24, 2.45) is 0 Å². The number of hydrogen-bond acceptors (Lipinski definition) is 7. The number of piperidine rings is 1. The normalized spacial score (nSPS) is 26.1. The van der Waals surface area contributed by atoms with Crippen molar-refractivity contribution in [1.29, 1.82) is 0 Å². The SMILES string of the molecule is CC(=O)N1CCC(Nc2cc(O[C@H]3CC(N4CCc5ccccc5C4)[C@H](O)C3)ncn2)CC1. The van der Waals surface area contributed by atoms with Crippen molar-refractivity contribution >= 4 is 11.7 Å². The fourth-order valence-electron chi connectivity index (χ4n) is 5.44. The minimum absolute atomic E-state index is 0.0660. The Labute approximate surface area is 195 Å². The highest BCUT2D eigenvalue weighted by Crippen LogP contribution is 2.31. The zero-order chi connectivity index (χ0) is 22.8. The maximum atomic E-state index is 11.5. The third-order valence-corrected chi connectivity index (χ3v) is 7.30. The minimum Gasteiger partial charge on any atom is -0.474 e. The van der Waals surface area contributed by atoms with Gasteiger partial charge in [0.25, 0.3) is 0 Å². The molecule has 1 saturated heterocycles. The van der Waals surface area contributed by atoms with Crippen LogP contribution in [0.15, 0.2) is 36.7 Å². The van der Waals surface area contributed by atoms with Gasteiger partial charge < -0.3 is 20.1 Å². The van der Waals surface area contributed by atoms with E-state index in [2.05, 4.69) is 44.5 Å². The zero-order valence-electron chi connectivity index (χ0n) is 19.2. The number of fused-ring (bicyclic) bond motifs is 1. The molecule has 1 aromatic heterocycles. The van der Waals surface area contributed by atoms with Crippen molar-refractivity contribution in [1.82, 2.24) is 19.8 Å². The van der Waals surface area contributed by atoms with Gasteiger partial charge in [0.2, 0.25) is 11.8 Å². The van der Waals surface area contributed by atoms with Crippen molar-refractivity contribution in [3.8, 4) is 5.88 Å². The summed E-state index contributed by atoms with van der Waals surface area (Å²) in [6.45, 7) is 5.01. The molecule has 0 bridgehead atoms. The van der Waals surface area contributed by atoms with Crippen molar-refractivity contribution in [2.45, 2.75) is 69.9 Å². The Morgan fingerprint density at radius 2 is 1.91 bits per heavy atom. The van der Waals surface area contributed by atoms with Crippen molar-refractivity contribution < 1.29 is 14.6 Å². The summed E-state index contributed by atoms with van der Waals surface area (Å²) in [6, 6.07) is 10.8. The van der Waals surface area contributed by atoms with E-state index in [0.717, 1.165) is 57.7 Å². The van der Waals surface area contributed by atoms with Crippen molar-refractivity contribution in [3.05, 3.63) is 47.8 Å². The summed E-state index contributed by atoms with van der Waals surface area (Å²) >= 11 is 0. The zero-order valence-corrected chi connectivity index (χ0v) is 19.2. The van der Waals surface area contributed by atoms with Gasteiger partial charge in [-0.05, 0) is 30.4 Å². The molecule has 8 heteroatoms. The first-order chi connectivity index (χ1) is 16.0. The van der Waals surface area contributed by atoms with Gasteiger partial charge in [0.1, 0.15) is 18.2 Å². The molecule has 1 saturated carbocycles. The van der Waals surface area contributed by atoms with Crippen LogP contribution in [0.2, 0.25) is 0 Å².